The Morgan fingerprint density at radius 2 is 2.07 bits per heavy atom. The Kier molecular flexibility index (Phi) is 5.55. The first-order chi connectivity index (χ1) is 12.9. The van der Waals surface area contributed by atoms with Crippen LogP contribution in [0.15, 0.2) is 42.7 Å². The summed E-state index contributed by atoms with van der Waals surface area (Å²) in [6.45, 7) is 0.965. The number of aromatic nitrogens is 2. The molecule has 3 rings (SSSR count). The molecule has 0 aliphatic carbocycles. The number of likely N-dealkylation sites (N-methyl/N-ethyl adjacent to an activating group) is 2. The Hall–Kier alpha value is -2.74. The average molecular weight is 374 g/mol. The maximum atomic E-state index is 14.4. The number of carboxylic acid groups (broad SMARTS) is 1. The van der Waals surface area contributed by atoms with E-state index in [1.54, 1.807) is 59.0 Å². The molecule has 7 nitrogen and oxygen atoms in total. The van der Waals surface area contributed by atoms with Crippen molar-refractivity contribution in [3.05, 3.63) is 54.1 Å². The molecular weight excluding hydrogens is 351 g/mol. The quantitative estimate of drug-likeness (QED) is 0.831. The summed E-state index contributed by atoms with van der Waals surface area (Å²) in [4.78, 5) is 27.8. The van der Waals surface area contributed by atoms with Crippen LogP contribution < -0.4 is 0 Å². The van der Waals surface area contributed by atoms with Crippen molar-refractivity contribution in [3.63, 3.8) is 0 Å². The number of hydrogen-bond donors (Lipinski definition) is 1. The maximum Gasteiger partial charge on any atom is 0.320 e. The highest BCUT2D eigenvalue weighted by Gasteiger charge is 2.48. The van der Waals surface area contributed by atoms with Gasteiger partial charge in [0.25, 0.3) is 0 Å². The number of carbonyl (C=O) groups excluding carboxylic acids is 1. The maximum absolute atomic E-state index is 14.4. The molecule has 0 spiro atoms. The summed E-state index contributed by atoms with van der Waals surface area (Å²) in [5.74, 6) is -2.26. The number of benzene rings is 1. The molecule has 1 saturated heterocycles. The normalized spacial score (nSPS) is 22.7. The van der Waals surface area contributed by atoms with Gasteiger partial charge in [-0.2, -0.15) is 5.10 Å². The molecule has 27 heavy (non-hydrogen) atoms. The van der Waals surface area contributed by atoms with E-state index in [-0.39, 0.29) is 12.3 Å². The number of aliphatic carboxylic acids is 1. The summed E-state index contributed by atoms with van der Waals surface area (Å²) in [6.07, 6.45) is 3.62. The van der Waals surface area contributed by atoms with Gasteiger partial charge in [0.05, 0.1) is 12.5 Å². The van der Waals surface area contributed by atoms with Gasteiger partial charge < -0.3 is 10.0 Å². The van der Waals surface area contributed by atoms with E-state index in [1.807, 2.05) is 6.20 Å². The van der Waals surface area contributed by atoms with Crippen molar-refractivity contribution in [2.24, 2.45) is 5.92 Å². The van der Waals surface area contributed by atoms with Crippen molar-refractivity contribution in [1.29, 1.82) is 0 Å². The van der Waals surface area contributed by atoms with E-state index in [0.717, 1.165) is 0 Å². The van der Waals surface area contributed by atoms with Crippen molar-refractivity contribution < 1.29 is 19.1 Å². The third kappa shape index (κ3) is 3.85. The van der Waals surface area contributed by atoms with Crippen molar-refractivity contribution in [3.8, 4) is 0 Å². The van der Waals surface area contributed by atoms with E-state index >= 15 is 0 Å². The Morgan fingerprint density at radius 1 is 1.33 bits per heavy atom. The molecular formula is C19H23FN4O3. The largest absolute Gasteiger partial charge is 0.480 e. The molecule has 2 heterocycles. The molecule has 0 radical (unpaired) electrons. The monoisotopic (exact) mass is 374 g/mol. The van der Waals surface area contributed by atoms with Crippen LogP contribution in [-0.4, -0.2) is 63.2 Å². The Morgan fingerprint density at radius 3 is 2.70 bits per heavy atom. The molecule has 1 fully saturated rings. The minimum absolute atomic E-state index is 0.149. The first-order valence-electron chi connectivity index (χ1n) is 8.81. The smallest absolute Gasteiger partial charge is 0.320 e. The molecule has 0 unspecified atom stereocenters. The van der Waals surface area contributed by atoms with Gasteiger partial charge in [-0.15, -0.1) is 0 Å². The highest BCUT2D eigenvalue weighted by molar-refractivity contribution is 5.83. The Bertz CT molecular complexity index is 811. The van der Waals surface area contributed by atoms with Crippen molar-refractivity contribution in [2.75, 3.05) is 20.6 Å². The van der Waals surface area contributed by atoms with Gasteiger partial charge >= 0.3 is 5.97 Å². The fourth-order valence-electron chi connectivity index (χ4n) is 3.75. The van der Waals surface area contributed by atoms with Crippen LogP contribution in [0.25, 0.3) is 0 Å². The second-order valence-corrected chi connectivity index (χ2v) is 6.86. The lowest BCUT2D eigenvalue weighted by Gasteiger charge is -2.29. The zero-order valence-corrected chi connectivity index (χ0v) is 15.3. The number of carboxylic acids is 1. The number of amides is 1. The predicted octanol–water partition coefficient (Wildman–Crippen LogP) is 1.63. The number of hydrogen-bond acceptors (Lipinski definition) is 4. The number of nitrogens with zero attached hydrogens (tertiary/aromatic N) is 4. The summed E-state index contributed by atoms with van der Waals surface area (Å²) < 4.78 is 16.1. The fourth-order valence-corrected chi connectivity index (χ4v) is 3.75. The summed E-state index contributed by atoms with van der Waals surface area (Å²) in [7, 11) is 3.31. The van der Waals surface area contributed by atoms with Crippen molar-refractivity contribution >= 4 is 11.9 Å². The highest BCUT2D eigenvalue weighted by atomic mass is 19.1. The summed E-state index contributed by atoms with van der Waals surface area (Å²) in [5.41, 5.74) is 0.350. The first-order valence-corrected chi connectivity index (χ1v) is 8.81. The van der Waals surface area contributed by atoms with Gasteiger partial charge in [0.15, 0.2) is 0 Å². The Labute approximate surface area is 157 Å². The van der Waals surface area contributed by atoms with Crippen LogP contribution in [0.5, 0.6) is 0 Å². The van der Waals surface area contributed by atoms with Gasteiger partial charge in [0.1, 0.15) is 11.9 Å². The average Bonchev–Trinajstić information content (AvgIpc) is 3.27. The lowest BCUT2D eigenvalue weighted by atomic mass is 9.91. The molecule has 0 saturated carbocycles. The predicted molar refractivity (Wildman–Crippen MR) is 96.3 cm³/mol. The lowest BCUT2D eigenvalue weighted by Crippen LogP contribution is -2.38. The van der Waals surface area contributed by atoms with Crippen molar-refractivity contribution in [2.45, 2.75) is 25.0 Å². The molecule has 1 aromatic carbocycles. The van der Waals surface area contributed by atoms with Crippen LogP contribution in [0.4, 0.5) is 4.39 Å². The minimum Gasteiger partial charge on any atom is -0.480 e. The third-order valence-corrected chi connectivity index (χ3v) is 5.21. The van der Waals surface area contributed by atoms with E-state index in [9.17, 15) is 19.1 Å². The van der Waals surface area contributed by atoms with Crippen LogP contribution in [0.1, 0.15) is 18.0 Å². The molecule has 3 atom stereocenters. The number of likely N-dealkylation sites (tertiary alicyclic amines) is 1. The molecule has 2 aromatic rings. The molecule has 1 aliphatic heterocycles. The Balaban J connectivity index is 1.82. The minimum atomic E-state index is -1.01. The number of rotatable bonds is 6. The molecule has 8 heteroatoms. The third-order valence-electron chi connectivity index (χ3n) is 5.21. The van der Waals surface area contributed by atoms with Gasteiger partial charge in [-0.25, -0.2) is 4.39 Å². The molecule has 1 aliphatic rings. The SMILES string of the molecule is CN(CCn1cccn1)C(=O)[C@H]1C[C@@H](C(=O)O)N(C)[C@H]1c1ccccc1F. The summed E-state index contributed by atoms with van der Waals surface area (Å²) >= 11 is 0. The van der Waals surface area contributed by atoms with Gasteiger partial charge in [-0.3, -0.25) is 19.2 Å². The summed E-state index contributed by atoms with van der Waals surface area (Å²) in [5, 5.41) is 13.6. The van der Waals surface area contributed by atoms with Gasteiger partial charge in [0.2, 0.25) is 5.91 Å². The van der Waals surface area contributed by atoms with E-state index in [4.69, 9.17) is 0 Å². The summed E-state index contributed by atoms with van der Waals surface area (Å²) in [6, 6.07) is 6.58. The molecule has 144 valence electrons. The van der Waals surface area contributed by atoms with Crippen LogP contribution in [-0.2, 0) is 16.1 Å². The van der Waals surface area contributed by atoms with Crippen LogP contribution in [0, 0.1) is 11.7 Å². The van der Waals surface area contributed by atoms with Crippen LogP contribution in [0.2, 0.25) is 0 Å². The van der Waals surface area contributed by atoms with Gasteiger partial charge in [-0.05, 0) is 25.6 Å². The fraction of sp³-hybridized carbons (Fsp3) is 0.421. The van der Waals surface area contributed by atoms with Crippen molar-refractivity contribution in [1.82, 2.24) is 19.6 Å². The highest BCUT2D eigenvalue weighted by Crippen LogP contribution is 2.41. The van der Waals surface area contributed by atoms with Gasteiger partial charge in [0, 0.05) is 37.6 Å². The van der Waals surface area contributed by atoms with Gasteiger partial charge in [-0.1, -0.05) is 18.2 Å². The first kappa shape index (κ1) is 19.0. The van der Waals surface area contributed by atoms with E-state index in [0.29, 0.717) is 18.7 Å². The standard InChI is InChI=1S/C19H23FN4O3/c1-22(10-11-24-9-5-8-21-24)18(25)14-12-16(19(26)27)23(2)17(14)13-6-3-4-7-15(13)20/h3-9,14,16-17H,10-12H2,1-2H3,(H,26,27)/t14-,16-,17-/m0/s1. The molecule has 1 amide bonds. The molecule has 1 aromatic heterocycles. The number of halogens is 1. The second kappa shape index (κ2) is 7.87. The van der Waals surface area contributed by atoms with Crippen LogP contribution >= 0.6 is 0 Å². The topological polar surface area (TPSA) is 78.7 Å². The lowest BCUT2D eigenvalue weighted by molar-refractivity contribution is -0.142. The molecule has 0 bridgehead atoms. The van der Waals surface area contributed by atoms with E-state index in [1.165, 1.54) is 6.07 Å². The van der Waals surface area contributed by atoms with E-state index in [2.05, 4.69) is 5.10 Å². The molecule has 1 N–H and O–H groups in total. The zero-order valence-electron chi connectivity index (χ0n) is 15.3. The number of carbonyl (C=O) groups is 2. The van der Waals surface area contributed by atoms with E-state index < -0.39 is 29.8 Å². The second-order valence-electron chi connectivity index (χ2n) is 6.86. The van der Waals surface area contributed by atoms with Crippen LogP contribution in [0.3, 0.4) is 0 Å². The zero-order chi connectivity index (χ0) is 19.6.